The molecule has 2 unspecified atom stereocenters. The van der Waals surface area contributed by atoms with Crippen LogP contribution in [0.5, 0.6) is 0 Å². The van der Waals surface area contributed by atoms with Gasteiger partial charge in [-0.25, -0.2) is 0 Å². The summed E-state index contributed by atoms with van der Waals surface area (Å²) in [5.41, 5.74) is 30.5. The Balaban J connectivity index is 0.947. The van der Waals surface area contributed by atoms with E-state index < -0.39 is 0 Å². The molecule has 0 bridgehead atoms. The van der Waals surface area contributed by atoms with E-state index in [4.69, 9.17) is 0 Å². The largest absolute Gasteiger partial charge is 0.312 e. The Bertz CT molecular complexity index is 3180. The van der Waals surface area contributed by atoms with Gasteiger partial charge in [0.05, 0.1) is 0 Å². The van der Waals surface area contributed by atoms with Gasteiger partial charge in [-0.15, -0.1) is 10.9 Å². The topological polar surface area (TPSA) is 6.48 Å². The fraction of sp³-hybridized carbons (Fsp3) is 0.0667. The van der Waals surface area contributed by atoms with Crippen LogP contribution in [0.15, 0.2) is 194 Å². The van der Waals surface area contributed by atoms with Crippen molar-refractivity contribution in [3.05, 3.63) is 205 Å². The zero-order chi connectivity index (χ0) is 50.2. The molecule has 0 saturated heterocycles. The Morgan fingerprint density at radius 3 is 0.861 bits per heavy atom. The Labute approximate surface area is 437 Å². The zero-order valence-corrected chi connectivity index (χ0v) is 43.9. The fourth-order valence-electron chi connectivity index (χ4n) is 11.2. The molecule has 0 saturated carbocycles. The summed E-state index contributed by atoms with van der Waals surface area (Å²) < 4.78 is 0. The van der Waals surface area contributed by atoms with Crippen LogP contribution < -0.4 is 64.4 Å². The van der Waals surface area contributed by atoms with Crippen LogP contribution in [0.3, 0.4) is 0 Å². The summed E-state index contributed by atoms with van der Waals surface area (Å²) in [6.45, 7) is 0. The number of nitrogens with zero attached hydrogens (tertiary/aromatic N) is 2. The van der Waals surface area contributed by atoms with Crippen LogP contribution in [0.25, 0.3) is 33.4 Å². The second-order valence-corrected chi connectivity index (χ2v) is 20.4. The maximum absolute atomic E-state index is 2.47. The van der Waals surface area contributed by atoms with Crippen molar-refractivity contribution in [1.82, 2.24) is 0 Å². The third kappa shape index (κ3) is 9.33. The van der Waals surface area contributed by atoms with Crippen molar-refractivity contribution in [3.63, 3.8) is 0 Å². The molecular formula is C60H58B10N2. The van der Waals surface area contributed by atoms with Gasteiger partial charge in [0.15, 0.2) is 0 Å². The van der Waals surface area contributed by atoms with E-state index in [2.05, 4.69) is 282 Å². The van der Waals surface area contributed by atoms with Crippen LogP contribution >= 0.6 is 0 Å². The van der Waals surface area contributed by atoms with E-state index in [9.17, 15) is 0 Å². The van der Waals surface area contributed by atoms with Gasteiger partial charge in [-0.05, 0) is 118 Å². The minimum Gasteiger partial charge on any atom is -0.312 e. The number of allylic oxidation sites excluding steroid dienone is 8. The molecule has 2 atom stereocenters. The van der Waals surface area contributed by atoms with Crippen LogP contribution in [-0.4, -0.2) is 78.5 Å². The van der Waals surface area contributed by atoms with Crippen molar-refractivity contribution in [2.45, 2.75) is 24.7 Å². The van der Waals surface area contributed by atoms with E-state index in [-0.39, 0.29) is 0 Å². The standard InChI is InChI=1S/C60H58B10N2/c61-49-51(63)55(67)59(56(68)52(49)64)71(45-25-17-37(18-26-45)35-9-3-1-4-10-35)47-29-21-39(22-30-47)41-13-7-15-43(33-41)44-16-8-14-42(34-44)40-23-31-48(32-24-40)72(60-57(69)53(65)50(62)54(66)58(60)70)46-27-19-38(20-28-46)36-11-5-2-6-12-36/h1-9,11,13-36H,10,12,61-70H2. The van der Waals surface area contributed by atoms with E-state index in [0.717, 1.165) is 24.2 Å². The summed E-state index contributed by atoms with van der Waals surface area (Å²) >= 11 is 0. The summed E-state index contributed by atoms with van der Waals surface area (Å²) in [4.78, 5) is 4.94. The molecule has 0 amide bonds. The van der Waals surface area contributed by atoms with E-state index in [1.54, 1.807) is 0 Å². The first-order valence-electron chi connectivity index (χ1n) is 25.9. The number of hydrogen-bond acceptors (Lipinski definition) is 2. The summed E-state index contributed by atoms with van der Waals surface area (Å²) in [5, 5.41) is 0. The fourth-order valence-corrected chi connectivity index (χ4v) is 11.2. The van der Waals surface area contributed by atoms with Crippen LogP contribution in [-0.2, 0) is 0 Å². The molecule has 0 N–H and O–H groups in total. The quantitative estimate of drug-likeness (QED) is 0.161. The minimum atomic E-state index is 0.412. The molecule has 0 spiro atoms. The van der Waals surface area contributed by atoms with Gasteiger partial charge in [0.1, 0.15) is 78.5 Å². The van der Waals surface area contributed by atoms with Crippen LogP contribution in [0.1, 0.15) is 35.8 Å². The van der Waals surface area contributed by atoms with E-state index in [1.807, 2.05) is 0 Å². The van der Waals surface area contributed by atoms with Crippen molar-refractivity contribution in [2.24, 2.45) is 0 Å². The number of hydrogen-bond donors (Lipinski definition) is 0. The molecule has 2 aliphatic rings. The van der Waals surface area contributed by atoms with Crippen molar-refractivity contribution in [1.29, 1.82) is 0 Å². The normalized spacial score (nSPS) is 14.9. The lowest BCUT2D eigenvalue weighted by molar-refractivity contribution is 0.854. The molecule has 2 aliphatic carbocycles. The van der Waals surface area contributed by atoms with Crippen molar-refractivity contribution in [2.75, 3.05) is 9.80 Å². The highest BCUT2D eigenvalue weighted by Crippen LogP contribution is 2.38. The molecule has 338 valence electrons. The van der Waals surface area contributed by atoms with Gasteiger partial charge >= 0.3 is 0 Å². The van der Waals surface area contributed by atoms with Crippen LogP contribution in [0.2, 0.25) is 0 Å². The number of anilines is 6. The van der Waals surface area contributed by atoms with Crippen molar-refractivity contribution >= 4 is 167 Å². The van der Waals surface area contributed by atoms with E-state index in [0.29, 0.717) is 11.8 Å². The molecule has 0 fully saturated rings. The zero-order valence-electron chi connectivity index (χ0n) is 43.9. The monoisotopic (exact) mass is 917 g/mol. The molecule has 12 heteroatoms. The first-order chi connectivity index (χ1) is 34.9. The molecule has 0 aliphatic heterocycles. The highest BCUT2D eigenvalue weighted by molar-refractivity contribution is 6.70. The molecule has 0 radical (unpaired) electrons. The number of rotatable bonds is 11. The third-order valence-electron chi connectivity index (χ3n) is 16.5. The van der Waals surface area contributed by atoms with Crippen LogP contribution in [0.4, 0.5) is 34.1 Å². The highest BCUT2D eigenvalue weighted by Gasteiger charge is 2.23. The predicted octanol–water partition coefficient (Wildman–Crippen LogP) is -0.589. The lowest BCUT2D eigenvalue weighted by Crippen LogP contribution is -2.56. The molecule has 0 aromatic heterocycles. The average Bonchev–Trinajstić information content (AvgIpc) is 3.44. The molecule has 8 aromatic carbocycles. The van der Waals surface area contributed by atoms with Crippen LogP contribution in [0, 0.1) is 0 Å². The Morgan fingerprint density at radius 2 is 0.569 bits per heavy atom. The molecule has 0 heterocycles. The second-order valence-electron chi connectivity index (χ2n) is 20.4. The molecule has 10 rings (SSSR count). The molecule has 2 nitrogen and oxygen atoms in total. The minimum absolute atomic E-state index is 0.412. The molecule has 72 heavy (non-hydrogen) atoms. The van der Waals surface area contributed by atoms with Gasteiger partial charge in [-0.2, -0.15) is 0 Å². The second kappa shape index (κ2) is 20.6. The van der Waals surface area contributed by atoms with Gasteiger partial charge in [-0.3, -0.25) is 0 Å². The first-order valence-corrected chi connectivity index (χ1v) is 25.9. The lowest BCUT2D eigenvalue weighted by Gasteiger charge is -2.32. The Morgan fingerprint density at radius 1 is 0.292 bits per heavy atom. The average molecular weight is 915 g/mol. The smallest absolute Gasteiger partial charge is 0.141 e. The summed E-state index contributed by atoms with van der Waals surface area (Å²) in [5.74, 6) is 0.824. The summed E-state index contributed by atoms with van der Waals surface area (Å²) in [7, 11) is 22.7. The van der Waals surface area contributed by atoms with E-state index in [1.165, 1.54) is 122 Å². The Hall–Kier alpha value is -7.03. The predicted molar refractivity (Wildman–Crippen MR) is 345 cm³/mol. The molecule has 8 aromatic rings. The van der Waals surface area contributed by atoms with Gasteiger partial charge in [-0.1, -0.05) is 177 Å². The van der Waals surface area contributed by atoms with Gasteiger partial charge < -0.3 is 9.80 Å². The SMILES string of the molecule is Bc1c(B)c(B)c(N(c2ccc(-c3cccc(-c4cccc(-c5ccc(N(c6ccc(C7C=CC=CC7)cc6)c6c(B)c(B)c(B)c(B)c6B)cc5)c4)c3)cc2)c2ccc(C3C=CC=CC3)cc2)c(B)c1B. The maximum atomic E-state index is 2.47. The maximum Gasteiger partial charge on any atom is 0.141 e. The lowest BCUT2D eigenvalue weighted by atomic mass is 9.61. The van der Waals surface area contributed by atoms with E-state index >= 15 is 0 Å². The third-order valence-corrected chi connectivity index (χ3v) is 16.5. The highest BCUT2D eigenvalue weighted by atomic mass is 15.2. The van der Waals surface area contributed by atoms with Gasteiger partial charge in [0, 0.05) is 46.0 Å². The van der Waals surface area contributed by atoms with Crippen molar-refractivity contribution < 1.29 is 0 Å². The van der Waals surface area contributed by atoms with Gasteiger partial charge in [0.25, 0.3) is 0 Å². The Kier molecular flexibility index (Phi) is 13.9. The first kappa shape index (κ1) is 48.6. The summed E-state index contributed by atoms with van der Waals surface area (Å²) in [6.07, 6.45) is 19.9. The molecular weight excluding hydrogens is 857 g/mol. The van der Waals surface area contributed by atoms with Crippen molar-refractivity contribution in [3.8, 4) is 33.4 Å². The number of benzene rings is 8. The van der Waals surface area contributed by atoms with Gasteiger partial charge in [0.2, 0.25) is 0 Å². The summed E-state index contributed by atoms with van der Waals surface area (Å²) in [6, 6.07) is 54.8.